The van der Waals surface area contributed by atoms with Crippen molar-refractivity contribution < 1.29 is 4.43 Å². The van der Waals surface area contributed by atoms with E-state index in [2.05, 4.69) is 31.5 Å². The van der Waals surface area contributed by atoms with Crippen molar-refractivity contribution in [2.75, 3.05) is 12.7 Å². The molecule has 4 heteroatoms. The van der Waals surface area contributed by atoms with Gasteiger partial charge in [0.1, 0.15) is 8.24 Å². The third-order valence-electron chi connectivity index (χ3n) is 2.89. The van der Waals surface area contributed by atoms with Crippen LogP contribution in [-0.2, 0) is 4.43 Å². The summed E-state index contributed by atoms with van der Waals surface area (Å²) in [7, 11) is -1.23. The van der Waals surface area contributed by atoms with Gasteiger partial charge in [0.25, 0.3) is 0 Å². The highest BCUT2D eigenvalue weighted by atomic mass is 28.3. The van der Waals surface area contributed by atoms with Gasteiger partial charge in [-0.05, 0) is 32.9 Å². The third kappa shape index (κ3) is 3.54. The number of hydrogen-bond acceptors (Lipinski definition) is 2. The molecular weight excluding hydrogens is 194 g/mol. The molecule has 0 atom stereocenters. The van der Waals surface area contributed by atoms with Gasteiger partial charge in [0.15, 0.2) is 9.76 Å². The number of rotatable bonds is 4. The fourth-order valence-corrected chi connectivity index (χ4v) is 7.80. The van der Waals surface area contributed by atoms with Gasteiger partial charge in [0.2, 0.25) is 0 Å². The molecule has 0 saturated carbocycles. The van der Waals surface area contributed by atoms with Crippen molar-refractivity contribution in [2.24, 2.45) is 0 Å². The lowest BCUT2D eigenvalue weighted by Gasteiger charge is -2.29. The van der Waals surface area contributed by atoms with Gasteiger partial charge >= 0.3 is 0 Å². The summed E-state index contributed by atoms with van der Waals surface area (Å²) in [5.74, 6) is 0. The summed E-state index contributed by atoms with van der Waals surface area (Å²) in [6.45, 7) is 10.6. The topological polar surface area (TPSA) is 12.5 Å². The molecule has 0 aromatic heterocycles. The van der Waals surface area contributed by atoms with Crippen LogP contribution in [0.4, 0.5) is 0 Å². The van der Waals surface area contributed by atoms with E-state index in [4.69, 9.17) is 4.43 Å². The van der Waals surface area contributed by atoms with Crippen molar-refractivity contribution >= 4 is 18.0 Å². The Kier molecular flexibility index (Phi) is 4.16. The van der Waals surface area contributed by atoms with Crippen molar-refractivity contribution in [1.82, 2.24) is 4.57 Å². The van der Waals surface area contributed by atoms with Gasteiger partial charge in [-0.1, -0.05) is 13.1 Å². The van der Waals surface area contributed by atoms with Gasteiger partial charge < -0.3 is 8.99 Å². The molecule has 0 N–H and O–H groups in total. The molecule has 0 aliphatic carbocycles. The quantitative estimate of drug-likeness (QED) is 0.660. The zero-order chi connectivity index (χ0) is 9.90. The molecule has 1 saturated heterocycles. The van der Waals surface area contributed by atoms with Gasteiger partial charge in [-0.2, -0.15) is 0 Å². The first-order valence-electron chi connectivity index (χ1n) is 5.39. The van der Waals surface area contributed by atoms with Gasteiger partial charge in [-0.15, -0.1) is 0 Å². The molecule has 0 spiro atoms. The minimum atomic E-state index is -0.954. The van der Waals surface area contributed by atoms with Gasteiger partial charge in [-0.3, -0.25) is 0 Å². The van der Waals surface area contributed by atoms with E-state index in [0.717, 1.165) is 0 Å². The summed E-state index contributed by atoms with van der Waals surface area (Å²) in [6, 6.07) is 1.49. The Bertz CT molecular complexity index is 162. The summed E-state index contributed by atoms with van der Waals surface area (Å²) < 4.78 is 8.45. The minimum absolute atomic E-state index is 0.274. The predicted octanol–water partition coefficient (Wildman–Crippen LogP) is 1.36. The first-order chi connectivity index (χ1) is 6.02. The molecule has 13 heavy (non-hydrogen) atoms. The standard InChI is InChI=1S/C9H23NOSi2/c1-9(2)11-12-8-10-6-5-7-13(10,3)4/h9H,5-8,12H2,1-4H3. The smallest absolute Gasteiger partial charge is 0.174 e. The second-order valence-corrected chi connectivity index (χ2v) is 10.8. The van der Waals surface area contributed by atoms with Gasteiger partial charge in [-0.25, -0.2) is 0 Å². The van der Waals surface area contributed by atoms with E-state index in [1.807, 2.05) is 0 Å². The van der Waals surface area contributed by atoms with Crippen LogP contribution >= 0.6 is 0 Å². The highest BCUT2D eigenvalue weighted by molar-refractivity contribution is 6.75. The molecule has 0 aromatic rings. The molecular formula is C9H23NOSi2. The highest BCUT2D eigenvalue weighted by Crippen LogP contribution is 2.24. The molecule has 1 heterocycles. The maximum absolute atomic E-state index is 5.72. The second-order valence-electron chi connectivity index (χ2n) is 4.82. The SMILES string of the molecule is CC(C)O[SiH2]CN1CCC[Si]1(C)C. The predicted molar refractivity (Wildman–Crippen MR) is 63.2 cm³/mol. The van der Waals surface area contributed by atoms with Crippen LogP contribution in [0.15, 0.2) is 0 Å². The van der Waals surface area contributed by atoms with Crippen molar-refractivity contribution in [3.8, 4) is 0 Å². The largest absolute Gasteiger partial charge is 0.420 e. The Labute approximate surface area is 85.7 Å². The van der Waals surface area contributed by atoms with Crippen LogP contribution in [0.2, 0.25) is 19.1 Å². The zero-order valence-corrected chi connectivity index (χ0v) is 11.9. The van der Waals surface area contributed by atoms with Crippen LogP contribution < -0.4 is 0 Å². The van der Waals surface area contributed by atoms with Crippen LogP contribution in [-0.4, -0.2) is 41.4 Å². The summed E-state index contributed by atoms with van der Waals surface area (Å²) >= 11 is 0. The lowest BCUT2D eigenvalue weighted by molar-refractivity contribution is 0.250. The van der Waals surface area contributed by atoms with E-state index in [1.165, 1.54) is 25.2 Å². The Balaban J connectivity index is 2.21. The fourth-order valence-electron chi connectivity index (χ4n) is 1.98. The van der Waals surface area contributed by atoms with E-state index in [0.29, 0.717) is 6.10 Å². The lowest BCUT2D eigenvalue weighted by Crippen LogP contribution is -2.45. The maximum atomic E-state index is 5.72. The van der Waals surface area contributed by atoms with Crippen LogP contribution in [0.25, 0.3) is 0 Å². The first kappa shape index (κ1) is 11.4. The van der Waals surface area contributed by atoms with Crippen molar-refractivity contribution in [3.63, 3.8) is 0 Å². The van der Waals surface area contributed by atoms with E-state index in [-0.39, 0.29) is 9.76 Å². The molecule has 0 amide bonds. The average molecular weight is 217 g/mol. The Morgan fingerprint density at radius 3 is 2.62 bits per heavy atom. The summed E-state index contributed by atoms with van der Waals surface area (Å²) in [4.78, 5) is 0. The van der Waals surface area contributed by atoms with Crippen molar-refractivity contribution in [2.45, 2.75) is 45.5 Å². The number of hydrogen-bond donors (Lipinski definition) is 0. The first-order valence-corrected chi connectivity index (χ1v) is 10.1. The molecule has 78 valence electrons. The van der Waals surface area contributed by atoms with Crippen LogP contribution in [0, 0.1) is 0 Å². The molecule has 0 aromatic carbocycles. The molecule has 0 radical (unpaired) electrons. The van der Waals surface area contributed by atoms with E-state index in [1.54, 1.807) is 0 Å². The number of nitrogens with zero attached hydrogens (tertiary/aromatic N) is 1. The second kappa shape index (κ2) is 4.73. The third-order valence-corrected chi connectivity index (χ3v) is 8.69. The monoisotopic (exact) mass is 217 g/mol. The molecule has 1 fully saturated rings. The minimum Gasteiger partial charge on any atom is -0.420 e. The molecule has 1 rings (SSSR count). The molecule has 0 unspecified atom stereocenters. The zero-order valence-electron chi connectivity index (χ0n) is 9.47. The lowest BCUT2D eigenvalue weighted by atomic mass is 10.5. The van der Waals surface area contributed by atoms with Gasteiger partial charge in [0.05, 0.1) is 0 Å². The maximum Gasteiger partial charge on any atom is 0.174 e. The van der Waals surface area contributed by atoms with E-state index < -0.39 is 8.24 Å². The van der Waals surface area contributed by atoms with Crippen molar-refractivity contribution in [3.05, 3.63) is 0 Å². The van der Waals surface area contributed by atoms with Crippen LogP contribution in [0.5, 0.6) is 0 Å². The molecule has 2 nitrogen and oxygen atoms in total. The van der Waals surface area contributed by atoms with Gasteiger partial charge in [0, 0.05) is 12.3 Å². The Morgan fingerprint density at radius 1 is 1.46 bits per heavy atom. The normalized spacial score (nSPS) is 23.8. The molecule has 0 bridgehead atoms. The Morgan fingerprint density at radius 2 is 2.15 bits per heavy atom. The summed E-state index contributed by atoms with van der Waals surface area (Å²) in [6.07, 6.45) is 3.16. The highest BCUT2D eigenvalue weighted by Gasteiger charge is 2.33. The van der Waals surface area contributed by atoms with E-state index >= 15 is 0 Å². The van der Waals surface area contributed by atoms with Crippen molar-refractivity contribution in [1.29, 1.82) is 0 Å². The molecule has 1 aliphatic rings. The average Bonchev–Trinajstić information content (AvgIpc) is 2.30. The fraction of sp³-hybridized carbons (Fsp3) is 1.00. The van der Waals surface area contributed by atoms with Crippen LogP contribution in [0.3, 0.4) is 0 Å². The van der Waals surface area contributed by atoms with E-state index in [9.17, 15) is 0 Å². The molecule has 1 aliphatic heterocycles. The summed E-state index contributed by atoms with van der Waals surface area (Å²) in [5, 5.41) is 0. The van der Waals surface area contributed by atoms with Crippen LogP contribution in [0.1, 0.15) is 20.3 Å². The Hall–Kier alpha value is 0.354. The summed E-state index contributed by atoms with van der Waals surface area (Å²) in [5.41, 5.74) is 0.